The molecule has 12 nitrogen and oxygen atoms in total. The summed E-state index contributed by atoms with van der Waals surface area (Å²) in [6, 6.07) is 36.5. The van der Waals surface area contributed by atoms with Crippen LogP contribution in [-0.4, -0.2) is 28.7 Å². The Labute approximate surface area is 326 Å². The minimum Gasteiger partial charge on any atom is -0.508 e. The van der Waals surface area contributed by atoms with Crippen LogP contribution < -0.4 is 30.2 Å². The molecular weight excluding hydrogens is 728 g/mol. The van der Waals surface area contributed by atoms with E-state index in [9.17, 15) is 19.8 Å². The second-order valence-corrected chi connectivity index (χ2v) is 13.6. The third kappa shape index (κ3) is 5.86. The van der Waals surface area contributed by atoms with Gasteiger partial charge in [-0.3, -0.25) is 10.6 Å². The summed E-state index contributed by atoms with van der Waals surface area (Å²) in [5, 5.41) is 20.0. The van der Waals surface area contributed by atoms with Crippen LogP contribution >= 0.6 is 0 Å². The number of hydrazine groups is 1. The number of hydrogen-bond acceptors (Lipinski definition) is 12. The molecule has 0 fully saturated rings. The van der Waals surface area contributed by atoms with E-state index in [0.29, 0.717) is 47.7 Å². The number of nitrogens with one attached hydrogen (secondary N) is 1. The van der Waals surface area contributed by atoms with E-state index in [-0.39, 0.29) is 18.0 Å². The summed E-state index contributed by atoms with van der Waals surface area (Å²) >= 11 is 0. The number of carbonyl (C=O) groups is 2. The summed E-state index contributed by atoms with van der Waals surface area (Å²) in [5.74, 6) is 6.94. The number of nitrogens with two attached hydrogens (primary N) is 1. The number of hydrogen-bond donors (Lipinski definition) is 4. The Morgan fingerprint density at radius 2 is 1.07 bits per heavy atom. The van der Waals surface area contributed by atoms with Crippen molar-refractivity contribution >= 4 is 11.9 Å². The molecule has 0 saturated carbocycles. The van der Waals surface area contributed by atoms with E-state index in [1.54, 1.807) is 48.5 Å². The largest absolute Gasteiger partial charge is 0.508 e. The molecule has 12 heteroatoms. The zero-order valence-corrected chi connectivity index (χ0v) is 30.2. The quantitative estimate of drug-likeness (QED) is 0.0463. The van der Waals surface area contributed by atoms with E-state index >= 15 is 0 Å². The van der Waals surface area contributed by atoms with Crippen LogP contribution in [-0.2, 0) is 43.5 Å². The van der Waals surface area contributed by atoms with Crippen molar-refractivity contribution in [1.82, 2.24) is 5.43 Å². The second-order valence-electron chi connectivity index (χ2n) is 13.6. The number of esters is 2. The van der Waals surface area contributed by atoms with Gasteiger partial charge in [0.2, 0.25) is 0 Å². The number of ether oxygens (including phenoxy) is 6. The van der Waals surface area contributed by atoms with Crippen LogP contribution in [0.15, 0.2) is 134 Å². The van der Waals surface area contributed by atoms with Crippen LogP contribution in [0.3, 0.4) is 0 Å². The van der Waals surface area contributed by atoms with Gasteiger partial charge in [0.1, 0.15) is 52.5 Å². The van der Waals surface area contributed by atoms with Gasteiger partial charge < -0.3 is 38.6 Å². The third-order valence-corrected chi connectivity index (χ3v) is 10.3. The molecule has 10 rings (SSSR count). The molecule has 0 aromatic heterocycles. The average Bonchev–Trinajstić information content (AvgIpc) is 3.78. The molecule has 0 amide bonds. The lowest BCUT2D eigenvalue weighted by Crippen LogP contribution is -2.32. The summed E-state index contributed by atoms with van der Waals surface area (Å²) in [5.41, 5.74) is 8.02. The topological polar surface area (TPSA) is 168 Å². The molecule has 0 bridgehead atoms. The molecule has 2 spiro atoms. The molecule has 4 heterocycles. The molecule has 0 saturated heterocycles. The number of carbonyl (C=O) groups excluding carboxylic acids is 2. The normalized spacial score (nSPS) is 18.5. The van der Waals surface area contributed by atoms with E-state index in [0.717, 1.165) is 50.6 Å². The van der Waals surface area contributed by atoms with Gasteiger partial charge in [0, 0.05) is 52.6 Å². The van der Waals surface area contributed by atoms with Crippen molar-refractivity contribution in [3.8, 4) is 46.0 Å². The predicted octanol–water partition coefficient (Wildman–Crippen LogP) is 7.10. The highest BCUT2D eigenvalue weighted by Crippen LogP contribution is 2.58. The highest BCUT2D eigenvalue weighted by atomic mass is 16.5. The minimum atomic E-state index is -0.867. The lowest BCUT2D eigenvalue weighted by molar-refractivity contribution is -0.133. The van der Waals surface area contributed by atoms with Gasteiger partial charge >= 0.3 is 11.9 Å². The standard InChI is InChI=1S/C23H16O5.C22H18N2O5/c1-2-22(25)27-16-8-10-19-21(12-16)28-20-11-15(24)7-9-18(20)23(19)17-6-4-3-5-14(17)13-26-23;23-24-11-21(26)28-15-6-8-18-20(10-15)29-19-9-14(25)5-7-17(19)22(18)16-4-2-1-3-13(16)12-27-22/h2-12,24H,1,13H2;1-10,24-25H,11-12,23H2. The van der Waals surface area contributed by atoms with Crippen LogP contribution in [0.25, 0.3) is 0 Å². The summed E-state index contributed by atoms with van der Waals surface area (Å²) in [4.78, 5) is 23.3. The van der Waals surface area contributed by atoms with E-state index in [2.05, 4.69) is 12.0 Å². The molecule has 2 atom stereocenters. The van der Waals surface area contributed by atoms with Crippen LogP contribution in [0.1, 0.15) is 44.5 Å². The summed E-state index contributed by atoms with van der Waals surface area (Å²) in [7, 11) is 0. The SMILES string of the molecule is C=CC(=O)Oc1ccc2c(c1)Oc1cc(O)ccc1C21OCc2ccccc21.NNCC(=O)Oc1ccc2c(c1)Oc1cc(O)ccc1C21OCc2ccccc21. The van der Waals surface area contributed by atoms with Crippen molar-refractivity contribution < 1.29 is 48.2 Å². The van der Waals surface area contributed by atoms with Crippen LogP contribution in [0.4, 0.5) is 0 Å². The first-order chi connectivity index (χ1) is 27.7. The summed E-state index contributed by atoms with van der Waals surface area (Å²) in [6.07, 6.45) is 1.10. The fourth-order valence-electron chi connectivity index (χ4n) is 7.99. The van der Waals surface area contributed by atoms with Gasteiger partial charge in [0.25, 0.3) is 0 Å². The first kappa shape index (κ1) is 35.7. The van der Waals surface area contributed by atoms with Gasteiger partial charge in [-0.15, -0.1) is 0 Å². The Morgan fingerprint density at radius 1 is 0.632 bits per heavy atom. The molecule has 6 aromatic carbocycles. The molecule has 5 N–H and O–H groups in total. The Kier molecular flexibility index (Phi) is 8.75. The highest BCUT2D eigenvalue weighted by molar-refractivity contribution is 5.83. The maximum atomic E-state index is 11.8. The Hall–Kier alpha value is -6.96. The van der Waals surface area contributed by atoms with Crippen LogP contribution in [0, 0.1) is 0 Å². The van der Waals surface area contributed by atoms with Crippen molar-refractivity contribution in [2.24, 2.45) is 5.84 Å². The van der Waals surface area contributed by atoms with Gasteiger partial charge in [-0.05, 0) is 70.8 Å². The maximum absolute atomic E-state index is 11.8. The molecule has 6 aromatic rings. The number of benzene rings is 6. The first-order valence-corrected chi connectivity index (χ1v) is 18.0. The zero-order chi connectivity index (χ0) is 39.3. The Balaban J connectivity index is 0.000000148. The molecule has 0 radical (unpaired) electrons. The van der Waals surface area contributed by atoms with Gasteiger partial charge in [-0.25, -0.2) is 10.2 Å². The van der Waals surface area contributed by atoms with E-state index in [4.69, 9.17) is 34.3 Å². The fourth-order valence-corrected chi connectivity index (χ4v) is 7.99. The van der Waals surface area contributed by atoms with E-state index in [1.807, 2.05) is 72.8 Å². The number of aromatic hydroxyl groups is 2. The van der Waals surface area contributed by atoms with Crippen molar-refractivity contribution in [1.29, 1.82) is 0 Å². The molecule has 2 unspecified atom stereocenters. The first-order valence-electron chi connectivity index (χ1n) is 18.0. The van der Waals surface area contributed by atoms with Crippen molar-refractivity contribution in [2.75, 3.05) is 6.54 Å². The number of phenols is 2. The molecule has 0 aliphatic carbocycles. The second kappa shape index (κ2) is 14.0. The Morgan fingerprint density at radius 3 is 1.54 bits per heavy atom. The third-order valence-electron chi connectivity index (χ3n) is 10.3. The number of fused-ring (bicyclic) bond motifs is 12. The lowest BCUT2D eigenvalue weighted by atomic mass is 9.77. The molecule has 57 heavy (non-hydrogen) atoms. The monoisotopic (exact) mass is 762 g/mol. The smallest absolute Gasteiger partial charge is 0.335 e. The van der Waals surface area contributed by atoms with Crippen molar-refractivity contribution in [3.05, 3.63) is 178 Å². The fraction of sp³-hybridized carbons (Fsp3) is 0.111. The molecular formula is C45H34N2O10. The van der Waals surface area contributed by atoms with Gasteiger partial charge in [-0.2, -0.15) is 0 Å². The molecule has 4 aliphatic rings. The lowest BCUT2D eigenvalue weighted by Gasteiger charge is -2.37. The van der Waals surface area contributed by atoms with E-state index in [1.165, 1.54) is 0 Å². The maximum Gasteiger partial charge on any atom is 0.335 e. The van der Waals surface area contributed by atoms with E-state index < -0.39 is 23.1 Å². The van der Waals surface area contributed by atoms with Crippen LogP contribution in [0.2, 0.25) is 0 Å². The zero-order valence-electron chi connectivity index (χ0n) is 30.2. The minimum absolute atomic E-state index is 0.0882. The van der Waals surface area contributed by atoms with Gasteiger partial charge in [0.15, 0.2) is 11.2 Å². The van der Waals surface area contributed by atoms with Gasteiger partial charge in [-0.1, -0.05) is 55.1 Å². The molecule has 4 aliphatic heterocycles. The number of phenolic OH excluding ortho intramolecular Hbond substituents is 2. The predicted molar refractivity (Wildman–Crippen MR) is 205 cm³/mol. The highest BCUT2D eigenvalue weighted by Gasteiger charge is 2.51. The van der Waals surface area contributed by atoms with Crippen molar-refractivity contribution in [2.45, 2.75) is 24.4 Å². The summed E-state index contributed by atoms with van der Waals surface area (Å²) < 4.78 is 35.5. The number of rotatable bonds is 5. The average molecular weight is 763 g/mol. The molecule has 284 valence electrons. The Bertz CT molecular complexity index is 2620. The van der Waals surface area contributed by atoms with Gasteiger partial charge in [0.05, 0.1) is 13.2 Å². The van der Waals surface area contributed by atoms with Crippen molar-refractivity contribution in [3.63, 3.8) is 0 Å². The summed E-state index contributed by atoms with van der Waals surface area (Å²) in [6.45, 7) is 4.21. The van der Waals surface area contributed by atoms with Crippen LogP contribution in [0.5, 0.6) is 46.0 Å².